The lowest BCUT2D eigenvalue weighted by atomic mass is 10.2. The second-order valence-corrected chi connectivity index (χ2v) is 3.77. The van der Waals surface area contributed by atoms with E-state index >= 15 is 0 Å². The van der Waals surface area contributed by atoms with Crippen LogP contribution in [-0.2, 0) is 11.3 Å². The van der Waals surface area contributed by atoms with Crippen molar-refractivity contribution >= 4 is 0 Å². The zero-order chi connectivity index (χ0) is 11.1. The number of hydrogen-bond donors (Lipinski definition) is 1. The second-order valence-electron chi connectivity index (χ2n) is 3.77. The van der Waals surface area contributed by atoms with Crippen molar-refractivity contribution < 1.29 is 9.13 Å². The van der Waals surface area contributed by atoms with E-state index in [9.17, 15) is 4.39 Å². The quantitative estimate of drug-likeness (QED) is 0.779. The van der Waals surface area contributed by atoms with Crippen LogP contribution in [0.4, 0.5) is 4.39 Å². The summed E-state index contributed by atoms with van der Waals surface area (Å²) in [5.41, 5.74) is 0.620. The normalized spacial score (nSPS) is 12.7. The number of benzene rings is 1. The van der Waals surface area contributed by atoms with Crippen molar-refractivity contribution in [1.82, 2.24) is 5.32 Å². The highest BCUT2D eigenvalue weighted by Crippen LogP contribution is 2.08. The Balaban J connectivity index is 2.29. The molecule has 0 spiro atoms. The van der Waals surface area contributed by atoms with Crippen LogP contribution in [0.3, 0.4) is 0 Å². The molecule has 0 amide bonds. The molecule has 0 aliphatic carbocycles. The molecule has 3 heteroatoms. The lowest BCUT2D eigenvalue weighted by Crippen LogP contribution is -2.20. The van der Waals surface area contributed by atoms with Gasteiger partial charge in [0.25, 0.3) is 0 Å². The molecule has 1 rings (SSSR count). The first-order valence-corrected chi connectivity index (χ1v) is 5.19. The molecule has 0 aromatic heterocycles. The van der Waals surface area contributed by atoms with Crippen LogP contribution in [0.2, 0.25) is 0 Å². The Morgan fingerprint density at radius 1 is 1.40 bits per heavy atom. The van der Waals surface area contributed by atoms with Gasteiger partial charge in [-0.3, -0.25) is 0 Å². The van der Waals surface area contributed by atoms with Gasteiger partial charge in [-0.1, -0.05) is 25.1 Å². The van der Waals surface area contributed by atoms with E-state index in [0.29, 0.717) is 24.7 Å². The van der Waals surface area contributed by atoms with E-state index in [1.807, 2.05) is 13.1 Å². The minimum Gasteiger partial charge on any atom is -0.376 e. The van der Waals surface area contributed by atoms with Gasteiger partial charge in [-0.2, -0.15) is 0 Å². The van der Waals surface area contributed by atoms with Crippen molar-refractivity contribution in [2.24, 2.45) is 5.92 Å². The molecule has 0 aliphatic heterocycles. The van der Waals surface area contributed by atoms with Gasteiger partial charge in [-0.15, -0.1) is 0 Å². The summed E-state index contributed by atoms with van der Waals surface area (Å²) in [6.07, 6.45) is 0. The van der Waals surface area contributed by atoms with Crippen LogP contribution in [0.1, 0.15) is 12.5 Å². The summed E-state index contributed by atoms with van der Waals surface area (Å²) in [7, 11) is 1.91. The summed E-state index contributed by atoms with van der Waals surface area (Å²) >= 11 is 0. The van der Waals surface area contributed by atoms with Crippen LogP contribution in [0.5, 0.6) is 0 Å². The largest absolute Gasteiger partial charge is 0.376 e. The molecule has 84 valence electrons. The van der Waals surface area contributed by atoms with Crippen LogP contribution < -0.4 is 5.32 Å². The molecule has 1 aromatic rings. The average molecular weight is 211 g/mol. The van der Waals surface area contributed by atoms with Crippen molar-refractivity contribution in [3.8, 4) is 0 Å². The highest BCUT2D eigenvalue weighted by Gasteiger charge is 2.03. The summed E-state index contributed by atoms with van der Waals surface area (Å²) in [5.74, 6) is 0.251. The first kappa shape index (κ1) is 12.1. The Labute approximate surface area is 90.4 Å². The molecule has 1 atom stereocenters. The minimum absolute atomic E-state index is 0.196. The lowest BCUT2D eigenvalue weighted by Gasteiger charge is -2.11. The van der Waals surface area contributed by atoms with Crippen LogP contribution in [0.25, 0.3) is 0 Å². The molecule has 0 aliphatic rings. The van der Waals surface area contributed by atoms with Crippen molar-refractivity contribution in [2.45, 2.75) is 13.5 Å². The van der Waals surface area contributed by atoms with Gasteiger partial charge in [0.1, 0.15) is 5.82 Å². The van der Waals surface area contributed by atoms with E-state index in [4.69, 9.17) is 4.74 Å². The Morgan fingerprint density at radius 2 is 2.13 bits per heavy atom. The second kappa shape index (κ2) is 6.53. The van der Waals surface area contributed by atoms with E-state index in [0.717, 1.165) is 6.54 Å². The van der Waals surface area contributed by atoms with Gasteiger partial charge in [-0.25, -0.2) is 4.39 Å². The van der Waals surface area contributed by atoms with Crippen molar-refractivity contribution in [1.29, 1.82) is 0 Å². The Morgan fingerprint density at radius 3 is 2.80 bits per heavy atom. The molecule has 1 unspecified atom stereocenters. The van der Waals surface area contributed by atoms with Gasteiger partial charge in [0.2, 0.25) is 0 Å². The Bertz CT molecular complexity index is 291. The van der Waals surface area contributed by atoms with Crippen LogP contribution in [-0.4, -0.2) is 20.2 Å². The molecule has 0 bridgehead atoms. The molecule has 0 heterocycles. The van der Waals surface area contributed by atoms with E-state index in [-0.39, 0.29) is 5.82 Å². The third-order valence-electron chi connectivity index (χ3n) is 2.17. The van der Waals surface area contributed by atoms with E-state index in [2.05, 4.69) is 12.2 Å². The fourth-order valence-corrected chi connectivity index (χ4v) is 1.39. The molecule has 1 aromatic carbocycles. The predicted molar refractivity (Wildman–Crippen MR) is 59.1 cm³/mol. The number of halogens is 1. The smallest absolute Gasteiger partial charge is 0.128 e. The Kier molecular flexibility index (Phi) is 5.29. The molecule has 0 saturated heterocycles. The van der Waals surface area contributed by atoms with E-state index < -0.39 is 0 Å². The molecule has 15 heavy (non-hydrogen) atoms. The first-order valence-electron chi connectivity index (χ1n) is 5.19. The number of nitrogens with one attached hydrogen (secondary N) is 1. The molecular formula is C12H18FNO. The van der Waals surface area contributed by atoms with Gasteiger partial charge >= 0.3 is 0 Å². The SMILES string of the molecule is CNCC(C)COCc1ccccc1F. The molecule has 0 radical (unpaired) electrons. The minimum atomic E-state index is -0.196. The topological polar surface area (TPSA) is 21.3 Å². The number of ether oxygens (including phenoxy) is 1. The summed E-state index contributed by atoms with van der Waals surface area (Å²) in [5, 5.41) is 3.07. The van der Waals surface area contributed by atoms with Gasteiger partial charge in [0.15, 0.2) is 0 Å². The monoisotopic (exact) mass is 211 g/mol. The van der Waals surface area contributed by atoms with Crippen molar-refractivity contribution in [3.63, 3.8) is 0 Å². The maximum absolute atomic E-state index is 13.2. The fourth-order valence-electron chi connectivity index (χ4n) is 1.39. The molecule has 0 saturated carbocycles. The Hall–Kier alpha value is -0.930. The molecule has 1 N–H and O–H groups in total. The third-order valence-corrected chi connectivity index (χ3v) is 2.17. The van der Waals surface area contributed by atoms with E-state index in [1.165, 1.54) is 6.07 Å². The summed E-state index contributed by atoms with van der Waals surface area (Å²) in [4.78, 5) is 0. The maximum atomic E-state index is 13.2. The van der Waals surface area contributed by atoms with Crippen LogP contribution in [0, 0.1) is 11.7 Å². The highest BCUT2D eigenvalue weighted by atomic mass is 19.1. The zero-order valence-electron chi connectivity index (χ0n) is 9.29. The zero-order valence-corrected chi connectivity index (χ0v) is 9.29. The maximum Gasteiger partial charge on any atom is 0.128 e. The van der Waals surface area contributed by atoms with Crippen molar-refractivity contribution in [3.05, 3.63) is 35.6 Å². The molecule has 2 nitrogen and oxygen atoms in total. The average Bonchev–Trinajstić information content (AvgIpc) is 2.21. The lowest BCUT2D eigenvalue weighted by molar-refractivity contribution is 0.0905. The molecular weight excluding hydrogens is 193 g/mol. The predicted octanol–water partition coefficient (Wildman–Crippen LogP) is 2.20. The summed E-state index contributed by atoms with van der Waals surface area (Å²) < 4.78 is 18.6. The fraction of sp³-hybridized carbons (Fsp3) is 0.500. The van der Waals surface area contributed by atoms with E-state index in [1.54, 1.807) is 12.1 Å². The summed E-state index contributed by atoms with van der Waals surface area (Å²) in [6, 6.07) is 6.70. The number of rotatable bonds is 6. The van der Waals surface area contributed by atoms with Crippen molar-refractivity contribution in [2.75, 3.05) is 20.2 Å². The standard InChI is InChI=1S/C12H18FNO/c1-10(7-14-2)8-15-9-11-5-3-4-6-12(11)13/h3-6,10,14H,7-9H2,1-2H3. The van der Waals surface area contributed by atoms with Gasteiger partial charge in [0, 0.05) is 5.56 Å². The van der Waals surface area contributed by atoms with Crippen LogP contribution >= 0.6 is 0 Å². The van der Waals surface area contributed by atoms with Gasteiger partial charge in [-0.05, 0) is 25.6 Å². The third kappa shape index (κ3) is 4.40. The number of hydrogen-bond acceptors (Lipinski definition) is 2. The van der Waals surface area contributed by atoms with Gasteiger partial charge in [0.05, 0.1) is 13.2 Å². The first-order chi connectivity index (χ1) is 7.24. The summed E-state index contributed by atoms with van der Waals surface area (Å²) in [6.45, 7) is 4.00. The molecule has 0 fully saturated rings. The highest BCUT2D eigenvalue weighted by molar-refractivity contribution is 5.16. The van der Waals surface area contributed by atoms with Gasteiger partial charge < -0.3 is 10.1 Å². The van der Waals surface area contributed by atoms with Crippen LogP contribution in [0.15, 0.2) is 24.3 Å².